The highest BCUT2D eigenvalue weighted by Gasteiger charge is 2.46. The second-order valence-corrected chi connectivity index (χ2v) is 8.42. The van der Waals surface area contributed by atoms with Gasteiger partial charge >= 0.3 is 0 Å². The number of aromatic nitrogens is 2. The maximum Gasteiger partial charge on any atom is 0.274 e. The Labute approximate surface area is 178 Å². The summed E-state index contributed by atoms with van der Waals surface area (Å²) in [5.74, 6) is 0.459. The van der Waals surface area contributed by atoms with Gasteiger partial charge < -0.3 is 9.80 Å². The van der Waals surface area contributed by atoms with E-state index >= 15 is 0 Å². The molecule has 0 saturated carbocycles. The minimum absolute atomic E-state index is 0.0440. The molecule has 1 saturated heterocycles. The van der Waals surface area contributed by atoms with Crippen LogP contribution >= 0.6 is 0 Å². The van der Waals surface area contributed by atoms with Crippen LogP contribution in [0.3, 0.4) is 0 Å². The molecule has 1 aromatic heterocycles. The largest absolute Gasteiger partial charge is 0.343 e. The lowest BCUT2D eigenvalue weighted by Crippen LogP contribution is -2.44. The quantitative estimate of drug-likeness (QED) is 0.763. The summed E-state index contributed by atoms with van der Waals surface area (Å²) in [6.07, 6.45) is 8.08. The summed E-state index contributed by atoms with van der Waals surface area (Å²) >= 11 is 0. The topological polar surface area (TPSA) is 66.4 Å². The molecule has 2 aromatic rings. The van der Waals surface area contributed by atoms with E-state index in [-0.39, 0.29) is 23.1 Å². The standard InChI is InChI=1S/C24H30N4O2/c1-3-27(4-2)22(29)15-18-16-24(20-8-6-5-7-19(18)20)9-13-28(14-10-24)23(30)21-17-25-11-12-26-21/h5-8,11-12,17-18H,3-4,9-10,13-16H2,1-2H3. The van der Waals surface area contributed by atoms with Crippen LogP contribution in [0.25, 0.3) is 0 Å². The molecule has 1 unspecified atom stereocenters. The van der Waals surface area contributed by atoms with E-state index in [1.54, 1.807) is 12.4 Å². The molecular formula is C24H30N4O2. The Morgan fingerprint density at radius 1 is 1.13 bits per heavy atom. The average molecular weight is 407 g/mol. The molecule has 0 N–H and O–H groups in total. The van der Waals surface area contributed by atoms with Gasteiger partial charge in [0.1, 0.15) is 5.69 Å². The molecule has 4 rings (SSSR count). The molecule has 1 aliphatic heterocycles. The molecule has 1 aromatic carbocycles. The van der Waals surface area contributed by atoms with Gasteiger partial charge in [-0.1, -0.05) is 24.3 Å². The summed E-state index contributed by atoms with van der Waals surface area (Å²) in [7, 11) is 0. The minimum atomic E-state index is -0.0440. The van der Waals surface area contributed by atoms with Crippen LogP contribution in [-0.2, 0) is 10.2 Å². The number of fused-ring (bicyclic) bond motifs is 2. The van der Waals surface area contributed by atoms with Crippen molar-refractivity contribution in [1.82, 2.24) is 19.8 Å². The number of carbonyl (C=O) groups excluding carboxylic acids is 2. The maximum absolute atomic E-state index is 12.8. The van der Waals surface area contributed by atoms with Crippen LogP contribution in [0.1, 0.15) is 67.1 Å². The molecule has 1 atom stereocenters. The molecular weight excluding hydrogens is 376 g/mol. The van der Waals surface area contributed by atoms with Gasteiger partial charge in [-0.3, -0.25) is 14.6 Å². The Bertz CT molecular complexity index is 902. The number of benzene rings is 1. The van der Waals surface area contributed by atoms with Crippen molar-refractivity contribution in [3.63, 3.8) is 0 Å². The van der Waals surface area contributed by atoms with Crippen LogP contribution in [0.2, 0.25) is 0 Å². The number of piperidine rings is 1. The first kappa shape index (κ1) is 20.5. The molecule has 2 aliphatic rings. The Hall–Kier alpha value is -2.76. The zero-order valence-corrected chi connectivity index (χ0v) is 17.9. The molecule has 1 fully saturated rings. The van der Waals surface area contributed by atoms with E-state index in [2.05, 4.69) is 34.2 Å². The normalized spacial score (nSPS) is 19.5. The van der Waals surface area contributed by atoms with Crippen molar-refractivity contribution in [3.8, 4) is 0 Å². The summed E-state index contributed by atoms with van der Waals surface area (Å²) in [5, 5.41) is 0. The molecule has 1 aliphatic carbocycles. The third kappa shape index (κ3) is 3.71. The first-order valence-corrected chi connectivity index (χ1v) is 11.0. The molecule has 1 spiro atoms. The van der Waals surface area contributed by atoms with E-state index < -0.39 is 0 Å². The van der Waals surface area contributed by atoms with Gasteiger partial charge in [-0.15, -0.1) is 0 Å². The third-order valence-electron chi connectivity index (χ3n) is 6.94. The SMILES string of the molecule is CCN(CC)C(=O)CC1CC2(CCN(C(=O)c3cnccn3)CC2)c2ccccc21. The molecule has 158 valence electrons. The smallest absolute Gasteiger partial charge is 0.274 e. The monoisotopic (exact) mass is 406 g/mol. The molecule has 30 heavy (non-hydrogen) atoms. The van der Waals surface area contributed by atoms with E-state index in [0.717, 1.165) is 32.4 Å². The Balaban J connectivity index is 1.50. The van der Waals surface area contributed by atoms with E-state index in [9.17, 15) is 9.59 Å². The highest BCUT2D eigenvalue weighted by atomic mass is 16.2. The summed E-state index contributed by atoms with van der Waals surface area (Å²) in [6.45, 7) is 7.01. The zero-order chi connectivity index (χ0) is 21.1. The number of rotatable bonds is 5. The number of carbonyl (C=O) groups is 2. The van der Waals surface area contributed by atoms with Gasteiger partial charge in [-0.05, 0) is 55.6 Å². The summed E-state index contributed by atoms with van der Waals surface area (Å²) < 4.78 is 0. The van der Waals surface area contributed by atoms with Crippen molar-refractivity contribution >= 4 is 11.8 Å². The minimum Gasteiger partial charge on any atom is -0.343 e. The lowest BCUT2D eigenvalue weighted by molar-refractivity contribution is -0.131. The second kappa shape index (κ2) is 8.54. The number of hydrogen-bond acceptors (Lipinski definition) is 4. The number of hydrogen-bond donors (Lipinski definition) is 0. The van der Waals surface area contributed by atoms with Crippen molar-refractivity contribution in [3.05, 3.63) is 59.7 Å². The second-order valence-electron chi connectivity index (χ2n) is 8.42. The van der Waals surface area contributed by atoms with Crippen molar-refractivity contribution in [2.75, 3.05) is 26.2 Å². The molecule has 0 radical (unpaired) electrons. The Morgan fingerprint density at radius 2 is 1.87 bits per heavy atom. The number of likely N-dealkylation sites (tertiary alicyclic amines) is 1. The Kier molecular flexibility index (Phi) is 5.84. The summed E-state index contributed by atoms with van der Waals surface area (Å²) in [6, 6.07) is 8.62. The predicted octanol–water partition coefficient (Wildman–Crippen LogP) is 3.40. The van der Waals surface area contributed by atoms with Crippen LogP contribution in [-0.4, -0.2) is 57.8 Å². The third-order valence-corrected chi connectivity index (χ3v) is 6.94. The van der Waals surface area contributed by atoms with Crippen LogP contribution in [0.5, 0.6) is 0 Å². The average Bonchev–Trinajstić information content (AvgIpc) is 3.08. The maximum atomic E-state index is 12.8. The molecule has 0 bridgehead atoms. The van der Waals surface area contributed by atoms with Gasteiger partial charge in [0.05, 0.1) is 6.20 Å². The molecule has 2 amide bonds. The number of nitrogens with zero attached hydrogens (tertiary/aromatic N) is 4. The van der Waals surface area contributed by atoms with Crippen molar-refractivity contribution < 1.29 is 9.59 Å². The van der Waals surface area contributed by atoms with Crippen LogP contribution in [0.4, 0.5) is 0 Å². The summed E-state index contributed by atoms with van der Waals surface area (Å²) in [4.78, 5) is 37.6. The highest BCUT2D eigenvalue weighted by Crippen LogP contribution is 2.52. The van der Waals surface area contributed by atoms with E-state index in [1.807, 2.05) is 23.6 Å². The fraction of sp³-hybridized carbons (Fsp3) is 0.500. The van der Waals surface area contributed by atoms with E-state index in [1.165, 1.54) is 17.3 Å². The first-order chi connectivity index (χ1) is 14.6. The summed E-state index contributed by atoms with van der Waals surface area (Å²) in [5.41, 5.74) is 3.17. The van der Waals surface area contributed by atoms with Crippen LogP contribution in [0.15, 0.2) is 42.9 Å². The molecule has 6 nitrogen and oxygen atoms in total. The van der Waals surface area contributed by atoms with Gasteiger partial charge in [0, 0.05) is 45.0 Å². The van der Waals surface area contributed by atoms with E-state index in [0.29, 0.717) is 25.2 Å². The van der Waals surface area contributed by atoms with Gasteiger partial charge in [0.2, 0.25) is 5.91 Å². The fourth-order valence-electron chi connectivity index (χ4n) is 5.31. The van der Waals surface area contributed by atoms with E-state index in [4.69, 9.17) is 0 Å². The fourth-order valence-corrected chi connectivity index (χ4v) is 5.31. The van der Waals surface area contributed by atoms with Crippen LogP contribution in [0, 0.1) is 0 Å². The van der Waals surface area contributed by atoms with Crippen molar-refractivity contribution in [2.45, 2.75) is 50.9 Å². The lowest BCUT2D eigenvalue weighted by atomic mass is 9.73. The molecule has 6 heteroatoms. The first-order valence-electron chi connectivity index (χ1n) is 11.0. The van der Waals surface area contributed by atoms with Gasteiger partial charge in [0.25, 0.3) is 5.91 Å². The van der Waals surface area contributed by atoms with Crippen LogP contribution < -0.4 is 0 Å². The van der Waals surface area contributed by atoms with Gasteiger partial charge in [-0.25, -0.2) is 4.98 Å². The highest BCUT2D eigenvalue weighted by molar-refractivity contribution is 5.92. The van der Waals surface area contributed by atoms with Gasteiger partial charge in [0.15, 0.2) is 0 Å². The zero-order valence-electron chi connectivity index (χ0n) is 17.9. The van der Waals surface area contributed by atoms with Crippen molar-refractivity contribution in [2.24, 2.45) is 0 Å². The Morgan fingerprint density at radius 3 is 2.53 bits per heavy atom. The predicted molar refractivity (Wildman–Crippen MR) is 115 cm³/mol. The van der Waals surface area contributed by atoms with Crippen molar-refractivity contribution in [1.29, 1.82) is 0 Å². The molecule has 2 heterocycles. The lowest BCUT2D eigenvalue weighted by Gasteiger charge is -2.40. The number of amides is 2. The van der Waals surface area contributed by atoms with Gasteiger partial charge in [-0.2, -0.15) is 0 Å².